The molecule has 16 heavy (non-hydrogen) atoms. The largest absolute Gasteiger partial charge is 0.365 e. The van der Waals surface area contributed by atoms with Gasteiger partial charge < -0.3 is 5.32 Å². The molecule has 84 valence electrons. The fourth-order valence-electron chi connectivity index (χ4n) is 1.45. The zero-order valence-electron chi connectivity index (χ0n) is 9.58. The van der Waals surface area contributed by atoms with Gasteiger partial charge in [0, 0.05) is 16.2 Å². The molecule has 0 spiro atoms. The van der Waals surface area contributed by atoms with Crippen molar-refractivity contribution in [1.82, 2.24) is 9.97 Å². The summed E-state index contributed by atoms with van der Waals surface area (Å²) in [4.78, 5) is 8.80. The van der Waals surface area contributed by atoms with Gasteiger partial charge in [0.2, 0.25) is 0 Å². The number of halogens is 1. The summed E-state index contributed by atoms with van der Waals surface area (Å²) in [6.45, 7) is 6.32. The quantitative estimate of drug-likeness (QED) is 0.867. The maximum Gasteiger partial charge on any atom is 0.127 e. The van der Waals surface area contributed by atoms with Gasteiger partial charge in [0.05, 0.1) is 5.52 Å². The van der Waals surface area contributed by atoms with E-state index >= 15 is 0 Å². The number of pyridine rings is 2. The second-order valence-electron chi connectivity index (χ2n) is 4.73. The molecule has 0 unspecified atom stereocenters. The lowest BCUT2D eigenvalue weighted by atomic mass is 10.1. The van der Waals surface area contributed by atoms with Crippen LogP contribution in [0.1, 0.15) is 20.8 Å². The molecule has 0 bridgehead atoms. The summed E-state index contributed by atoms with van der Waals surface area (Å²) < 4.78 is 0.968. The fourth-order valence-corrected chi connectivity index (χ4v) is 1.86. The molecule has 1 N–H and O–H groups in total. The van der Waals surface area contributed by atoms with Crippen LogP contribution in [-0.2, 0) is 0 Å². The summed E-state index contributed by atoms with van der Waals surface area (Å²) in [6, 6.07) is 5.82. The van der Waals surface area contributed by atoms with Crippen LogP contribution in [0.4, 0.5) is 5.82 Å². The molecule has 0 fully saturated rings. The minimum Gasteiger partial charge on any atom is -0.365 e. The Morgan fingerprint density at radius 2 is 1.94 bits per heavy atom. The van der Waals surface area contributed by atoms with Gasteiger partial charge in [-0.2, -0.15) is 0 Å². The number of rotatable bonds is 1. The number of hydrogen-bond donors (Lipinski definition) is 1. The van der Waals surface area contributed by atoms with Crippen molar-refractivity contribution >= 4 is 32.8 Å². The van der Waals surface area contributed by atoms with Crippen LogP contribution in [0.3, 0.4) is 0 Å². The van der Waals surface area contributed by atoms with Gasteiger partial charge in [0.15, 0.2) is 0 Å². The number of nitrogens with one attached hydrogen (secondary N) is 1. The van der Waals surface area contributed by atoms with Gasteiger partial charge in [-0.05, 0) is 54.9 Å². The van der Waals surface area contributed by atoms with Gasteiger partial charge in [-0.3, -0.25) is 4.98 Å². The van der Waals surface area contributed by atoms with Crippen molar-refractivity contribution < 1.29 is 0 Å². The highest BCUT2D eigenvalue weighted by molar-refractivity contribution is 9.10. The van der Waals surface area contributed by atoms with Gasteiger partial charge in [-0.15, -0.1) is 0 Å². The summed E-state index contributed by atoms with van der Waals surface area (Å²) in [6.07, 6.45) is 1.77. The Kier molecular flexibility index (Phi) is 2.84. The van der Waals surface area contributed by atoms with E-state index in [1.165, 1.54) is 0 Å². The molecule has 2 aromatic rings. The van der Waals surface area contributed by atoms with Crippen molar-refractivity contribution in [3.8, 4) is 0 Å². The zero-order valence-corrected chi connectivity index (χ0v) is 11.2. The lowest BCUT2D eigenvalue weighted by molar-refractivity contribution is 0.631. The first-order valence-corrected chi connectivity index (χ1v) is 5.94. The SMILES string of the molecule is CC(C)(C)Nc1ccc2nccc(Br)c2n1. The molecule has 0 aliphatic carbocycles. The van der Waals surface area contributed by atoms with E-state index in [9.17, 15) is 0 Å². The molecule has 0 radical (unpaired) electrons. The van der Waals surface area contributed by atoms with E-state index in [1.54, 1.807) is 6.20 Å². The first-order valence-electron chi connectivity index (χ1n) is 5.15. The average molecular weight is 280 g/mol. The van der Waals surface area contributed by atoms with Crippen molar-refractivity contribution in [1.29, 1.82) is 0 Å². The van der Waals surface area contributed by atoms with E-state index in [0.717, 1.165) is 21.3 Å². The Balaban J connectivity index is 2.47. The van der Waals surface area contributed by atoms with Gasteiger partial charge in [-0.1, -0.05) is 0 Å². The molecule has 4 heteroatoms. The van der Waals surface area contributed by atoms with Gasteiger partial charge >= 0.3 is 0 Å². The first kappa shape index (κ1) is 11.3. The summed E-state index contributed by atoms with van der Waals surface area (Å²) in [7, 11) is 0. The van der Waals surface area contributed by atoms with Crippen LogP contribution in [0.5, 0.6) is 0 Å². The third-order valence-corrected chi connectivity index (χ3v) is 2.68. The van der Waals surface area contributed by atoms with Crippen molar-refractivity contribution in [3.63, 3.8) is 0 Å². The molecule has 0 atom stereocenters. The standard InChI is InChI=1S/C12H14BrN3/c1-12(2,3)16-10-5-4-9-11(15-10)8(13)6-7-14-9/h4-7H,1-3H3,(H,15,16). The van der Waals surface area contributed by atoms with Crippen molar-refractivity contribution in [2.24, 2.45) is 0 Å². The maximum absolute atomic E-state index is 4.54. The van der Waals surface area contributed by atoms with E-state index in [2.05, 4.69) is 52.0 Å². The lowest BCUT2D eigenvalue weighted by Crippen LogP contribution is -2.26. The molecule has 0 aromatic carbocycles. The molecule has 2 heterocycles. The van der Waals surface area contributed by atoms with Gasteiger partial charge in [0.1, 0.15) is 11.3 Å². The summed E-state index contributed by atoms with van der Waals surface area (Å²) in [5, 5.41) is 3.34. The monoisotopic (exact) mass is 279 g/mol. The topological polar surface area (TPSA) is 37.8 Å². The molecule has 0 aliphatic heterocycles. The van der Waals surface area contributed by atoms with Crippen molar-refractivity contribution in [2.45, 2.75) is 26.3 Å². The van der Waals surface area contributed by atoms with Crippen LogP contribution in [0.25, 0.3) is 11.0 Å². The lowest BCUT2D eigenvalue weighted by Gasteiger charge is -2.21. The van der Waals surface area contributed by atoms with E-state index in [1.807, 2.05) is 18.2 Å². The summed E-state index contributed by atoms with van der Waals surface area (Å²) in [5.74, 6) is 0.869. The average Bonchev–Trinajstić information content (AvgIpc) is 2.17. The Morgan fingerprint density at radius 1 is 1.19 bits per heavy atom. The summed E-state index contributed by atoms with van der Waals surface area (Å²) in [5.41, 5.74) is 1.79. The van der Waals surface area contributed by atoms with E-state index in [4.69, 9.17) is 0 Å². The third kappa shape index (κ3) is 2.50. The molecule has 0 aliphatic rings. The molecule has 2 rings (SSSR count). The number of hydrogen-bond acceptors (Lipinski definition) is 3. The summed E-state index contributed by atoms with van der Waals surface area (Å²) >= 11 is 3.48. The molecule has 2 aromatic heterocycles. The van der Waals surface area contributed by atoms with Gasteiger partial charge in [-0.25, -0.2) is 4.98 Å². The van der Waals surface area contributed by atoms with E-state index in [-0.39, 0.29) is 5.54 Å². The minimum absolute atomic E-state index is 0.00929. The molecular formula is C12H14BrN3. The molecular weight excluding hydrogens is 266 g/mol. The third-order valence-electron chi connectivity index (χ3n) is 2.04. The molecule has 0 saturated carbocycles. The van der Waals surface area contributed by atoms with Crippen LogP contribution in [-0.4, -0.2) is 15.5 Å². The highest BCUT2D eigenvalue weighted by atomic mass is 79.9. The smallest absolute Gasteiger partial charge is 0.127 e. The Morgan fingerprint density at radius 3 is 2.62 bits per heavy atom. The number of aromatic nitrogens is 2. The maximum atomic E-state index is 4.54. The first-order chi connectivity index (χ1) is 7.46. The Labute approximate surface area is 103 Å². The van der Waals surface area contributed by atoms with E-state index in [0.29, 0.717) is 0 Å². The number of fused-ring (bicyclic) bond motifs is 1. The van der Waals surface area contributed by atoms with Crippen molar-refractivity contribution in [2.75, 3.05) is 5.32 Å². The number of anilines is 1. The second kappa shape index (κ2) is 4.01. The zero-order chi connectivity index (χ0) is 11.8. The van der Waals surface area contributed by atoms with E-state index < -0.39 is 0 Å². The Bertz CT molecular complexity index is 517. The second-order valence-corrected chi connectivity index (χ2v) is 5.59. The highest BCUT2D eigenvalue weighted by Gasteiger charge is 2.11. The fraction of sp³-hybridized carbons (Fsp3) is 0.333. The highest BCUT2D eigenvalue weighted by Crippen LogP contribution is 2.22. The number of nitrogens with zero attached hydrogens (tertiary/aromatic N) is 2. The Hall–Kier alpha value is -1.16. The predicted octanol–water partition coefficient (Wildman–Crippen LogP) is 3.60. The molecule has 3 nitrogen and oxygen atoms in total. The predicted molar refractivity (Wildman–Crippen MR) is 70.6 cm³/mol. The minimum atomic E-state index is 0.00929. The molecule has 0 saturated heterocycles. The van der Waals surface area contributed by atoms with Crippen LogP contribution < -0.4 is 5.32 Å². The van der Waals surface area contributed by atoms with Crippen LogP contribution in [0, 0.1) is 0 Å². The van der Waals surface area contributed by atoms with Crippen LogP contribution in [0.15, 0.2) is 28.9 Å². The normalized spacial score (nSPS) is 11.8. The molecule has 0 amide bonds. The van der Waals surface area contributed by atoms with Gasteiger partial charge in [0.25, 0.3) is 0 Å². The van der Waals surface area contributed by atoms with Crippen molar-refractivity contribution in [3.05, 3.63) is 28.9 Å². The van der Waals surface area contributed by atoms with Crippen LogP contribution in [0.2, 0.25) is 0 Å². The van der Waals surface area contributed by atoms with Crippen LogP contribution >= 0.6 is 15.9 Å².